The zero-order valence-electron chi connectivity index (χ0n) is 24.4. The van der Waals surface area contributed by atoms with E-state index in [2.05, 4.69) is 5.32 Å². The van der Waals surface area contributed by atoms with E-state index in [0.29, 0.717) is 36.2 Å². The minimum absolute atomic E-state index is 0.182. The maximum Gasteiger partial charge on any atom is 0.416 e. The highest BCUT2D eigenvalue weighted by atomic mass is 19.4. The summed E-state index contributed by atoms with van der Waals surface area (Å²) in [7, 11) is 0. The van der Waals surface area contributed by atoms with Crippen molar-refractivity contribution < 1.29 is 37.8 Å². The third-order valence-electron chi connectivity index (χ3n) is 7.74. The molecule has 1 heterocycles. The number of aromatic carboxylic acids is 1. The number of fused-ring (bicyclic) bond motifs is 1. The number of halogens is 3. The number of hydrogen-bond donors (Lipinski definition) is 5. The molecule has 1 saturated carbocycles. The number of alkyl halides is 3. The fraction of sp³-hybridized carbons (Fsp3) is 0.303. The number of hydrogen-bond acceptors (Lipinski definition) is 5. The number of carbonyl (C=O) groups excluding carboxylic acids is 1. The molecule has 1 aliphatic carbocycles. The van der Waals surface area contributed by atoms with Gasteiger partial charge in [0.1, 0.15) is 6.04 Å². The van der Waals surface area contributed by atoms with Crippen molar-refractivity contribution in [3.05, 3.63) is 107 Å². The van der Waals surface area contributed by atoms with Gasteiger partial charge in [-0.1, -0.05) is 42.8 Å². The molecule has 7 N–H and O–H groups in total. The number of rotatable bonds is 11. The van der Waals surface area contributed by atoms with Crippen LogP contribution in [0.4, 0.5) is 13.2 Å². The molecule has 0 radical (unpaired) electrons. The van der Waals surface area contributed by atoms with Crippen molar-refractivity contribution in [1.29, 1.82) is 0 Å². The van der Waals surface area contributed by atoms with Gasteiger partial charge in [-0.25, -0.2) is 4.79 Å². The predicted molar refractivity (Wildman–Crippen MR) is 163 cm³/mol. The number of benzene rings is 3. The van der Waals surface area contributed by atoms with Crippen LogP contribution < -0.4 is 16.8 Å². The zero-order valence-corrected chi connectivity index (χ0v) is 24.4. The number of carboxylic acids is 2. The number of amides is 1. The predicted octanol–water partition coefficient (Wildman–Crippen LogP) is 5.35. The van der Waals surface area contributed by atoms with Gasteiger partial charge in [-0.3, -0.25) is 9.59 Å². The molecule has 45 heavy (non-hydrogen) atoms. The number of carboxylic acid groups (broad SMARTS) is 2. The highest BCUT2D eigenvalue weighted by Crippen LogP contribution is 2.46. The van der Waals surface area contributed by atoms with Crippen molar-refractivity contribution >= 4 is 28.7 Å². The second kappa shape index (κ2) is 14.0. The normalized spacial score (nSPS) is 14.2. The molecular weight excluding hydrogens is 589 g/mol. The average Bonchev–Trinajstić information content (AvgIpc) is 3.68. The van der Waals surface area contributed by atoms with E-state index >= 15 is 0 Å². The number of carbonyl (C=O) groups is 3. The summed E-state index contributed by atoms with van der Waals surface area (Å²) < 4.78 is 40.5. The Morgan fingerprint density at radius 3 is 2.16 bits per heavy atom. The van der Waals surface area contributed by atoms with Crippen molar-refractivity contribution in [2.45, 2.75) is 56.4 Å². The van der Waals surface area contributed by atoms with Crippen LogP contribution in [0.2, 0.25) is 0 Å². The summed E-state index contributed by atoms with van der Waals surface area (Å²) in [6.45, 7) is 0.917. The van der Waals surface area contributed by atoms with Crippen LogP contribution in [0.15, 0.2) is 79.0 Å². The molecule has 0 saturated heterocycles. The summed E-state index contributed by atoms with van der Waals surface area (Å²) in [5.41, 5.74) is 12.1. The van der Waals surface area contributed by atoms with Gasteiger partial charge in [-0.2, -0.15) is 13.2 Å². The number of unbranched alkanes of at least 4 members (excludes halogenated alkanes) is 1. The molecular formula is C33H35F3N4O5. The number of aromatic nitrogens is 1. The van der Waals surface area contributed by atoms with Crippen LogP contribution in [-0.4, -0.2) is 45.2 Å². The minimum Gasteiger partial charge on any atom is -0.480 e. The summed E-state index contributed by atoms with van der Waals surface area (Å²) >= 11 is 0. The highest BCUT2D eigenvalue weighted by Gasteiger charge is 2.46. The van der Waals surface area contributed by atoms with Gasteiger partial charge in [0, 0.05) is 18.1 Å². The Bertz CT molecular complexity index is 1650. The molecule has 0 aliphatic heterocycles. The molecule has 12 heteroatoms. The molecule has 1 atom stereocenters. The molecule has 3 aromatic carbocycles. The van der Waals surface area contributed by atoms with E-state index in [1.54, 1.807) is 24.3 Å². The molecule has 4 aromatic rings. The van der Waals surface area contributed by atoms with Gasteiger partial charge in [-0.15, -0.1) is 0 Å². The van der Waals surface area contributed by atoms with E-state index < -0.39 is 35.3 Å². The lowest BCUT2D eigenvalue weighted by Crippen LogP contribution is -2.35. The molecule has 238 valence electrons. The van der Waals surface area contributed by atoms with Crippen molar-refractivity contribution in [2.75, 3.05) is 6.54 Å². The van der Waals surface area contributed by atoms with Crippen molar-refractivity contribution in [3.8, 4) is 0 Å². The molecule has 5 rings (SSSR count). The van der Waals surface area contributed by atoms with Crippen LogP contribution >= 0.6 is 0 Å². The molecule has 1 aromatic heterocycles. The fourth-order valence-electron chi connectivity index (χ4n) is 5.03. The average molecular weight is 625 g/mol. The summed E-state index contributed by atoms with van der Waals surface area (Å²) in [6, 6.07) is 18.1. The van der Waals surface area contributed by atoms with Crippen molar-refractivity contribution in [3.63, 3.8) is 0 Å². The van der Waals surface area contributed by atoms with Crippen LogP contribution in [0.5, 0.6) is 0 Å². The Balaban J connectivity index is 0.000000399. The van der Waals surface area contributed by atoms with Crippen LogP contribution in [0, 0.1) is 0 Å². The van der Waals surface area contributed by atoms with E-state index in [0.717, 1.165) is 48.8 Å². The van der Waals surface area contributed by atoms with Gasteiger partial charge in [0.25, 0.3) is 5.91 Å². The number of nitrogens with zero attached hydrogens (tertiary/aromatic N) is 1. The van der Waals surface area contributed by atoms with E-state index in [4.69, 9.17) is 21.7 Å². The second-order valence-electron chi connectivity index (χ2n) is 11.0. The van der Waals surface area contributed by atoms with Gasteiger partial charge in [0.2, 0.25) is 0 Å². The van der Waals surface area contributed by atoms with Gasteiger partial charge >= 0.3 is 18.1 Å². The van der Waals surface area contributed by atoms with Crippen molar-refractivity contribution in [1.82, 2.24) is 9.88 Å². The molecule has 1 fully saturated rings. The highest BCUT2D eigenvalue weighted by molar-refractivity contribution is 6.06. The first-order valence-corrected chi connectivity index (χ1v) is 14.4. The van der Waals surface area contributed by atoms with E-state index in [1.165, 1.54) is 24.3 Å². The first-order valence-electron chi connectivity index (χ1n) is 14.4. The van der Waals surface area contributed by atoms with Crippen LogP contribution in [-0.2, 0) is 23.1 Å². The lowest BCUT2D eigenvalue weighted by Gasteiger charge is -2.19. The van der Waals surface area contributed by atoms with Gasteiger partial charge in [0.05, 0.1) is 27.7 Å². The Morgan fingerprint density at radius 1 is 0.933 bits per heavy atom. The molecule has 9 nitrogen and oxygen atoms in total. The van der Waals surface area contributed by atoms with Gasteiger partial charge in [-0.05, 0) is 79.8 Å². The topological polar surface area (TPSA) is 161 Å². The number of nitrogens with two attached hydrogens (primary N) is 2. The first kappa shape index (κ1) is 33.2. The Morgan fingerprint density at radius 2 is 1.60 bits per heavy atom. The lowest BCUT2D eigenvalue weighted by molar-refractivity contribution is -0.139. The summed E-state index contributed by atoms with van der Waals surface area (Å²) in [5, 5.41) is 21.4. The van der Waals surface area contributed by atoms with Crippen LogP contribution in [0.25, 0.3) is 10.9 Å². The molecule has 0 spiro atoms. The smallest absolute Gasteiger partial charge is 0.416 e. The maximum atomic E-state index is 13.4. The summed E-state index contributed by atoms with van der Waals surface area (Å²) in [5.74, 6) is -2.20. The van der Waals surface area contributed by atoms with Crippen molar-refractivity contribution in [2.24, 2.45) is 11.5 Å². The quantitative estimate of drug-likeness (QED) is 0.141. The summed E-state index contributed by atoms with van der Waals surface area (Å²) in [4.78, 5) is 34.7. The van der Waals surface area contributed by atoms with E-state index in [1.807, 2.05) is 22.9 Å². The molecule has 0 unspecified atom stereocenters. The molecule has 0 bridgehead atoms. The Hall–Kier alpha value is -4.68. The minimum atomic E-state index is -4.39. The van der Waals surface area contributed by atoms with E-state index in [9.17, 15) is 27.6 Å². The monoisotopic (exact) mass is 624 g/mol. The van der Waals surface area contributed by atoms with Crippen LogP contribution in [0.1, 0.15) is 69.5 Å². The fourth-order valence-corrected chi connectivity index (χ4v) is 5.03. The second-order valence-corrected chi connectivity index (χ2v) is 11.0. The standard InChI is InChI=1S/C27H21F3N2O3.C6H14N2O2/c28-27(29,30)21-8-4-17(5-9-21)16-32-15-12-18-2-1-3-22(23(18)32)24(33)31-26(13-14-26)20-10-6-19(7-11-20)25(34)35;7-4-2-1-3-5(8)6(9)10/h1-12,15H,13-14,16H2,(H,31,33)(H,34,35);5H,1-4,7-8H2,(H,9,10)/t;5-/m.0/s1. The third-order valence-corrected chi connectivity index (χ3v) is 7.74. The Kier molecular flexibility index (Phi) is 10.3. The number of aliphatic carboxylic acids is 1. The first-order chi connectivity index (χ1) is 21.3. The Labute approximate surface area is 257 Å². The number of para-hydroxylation sites is 1. The van der Waals surface area contributed by atoms with Gasteiger partial charge in [0.15, 0.2) is 0 Å². The van der Waals surface area contributed by atoms with Gasteiger partial charge < -0.3 is 31.6 Å². The summed E-state index contributed by atoms with van der Waals surface area (Å²) in [6.07, 6.45) is 1.08. The van der Waals surface area contributed by atoms with E-state index in [-0.39, 0.29) is 11.5 Å². The zero-order chi connectivity index (χ0) is 32.8. The molecule has 1 aliphatic rings. The molecule has 1 amide bonds. The van der Waals surface area contributed by atoms with Crippen LogP contribution in [0.3, 0.4) is 0 Å². The lowest BCUT2D eigenvalue weighted by atomic mass is 10.0. The largest absolute Gasteiger partial charge is 0.480 e. The SMILES string of the molecule is NCCCC[C@H](N)C(=O)O.O=C(O)c1ccc(C2(NC(=O)c3cccc4ccn(Cc5ccc(C(F)(F)F)cc5)c34)CC2)cc1. The third kappa shape index (κ3) is 8.28. The number of nitrogens with one attached hydrogen (secondary N) is 1. The maximum absolute atomic E-state index is 13.4.